The molecular formula is C18H28FNO2S. The monoisotopic (exact) mass is 341 g/mol. The molecule has 1 aromatic carbocycles. The molecule has 3 nitrogen and oxygen atoms in total. The maximum Gasteiger partial charge on any atom is 0.165 e. The molecule has 1 N–H and O–H groups in total. The van der Waals surface area contributed by atoms with Crippen molar-refractivity contribution < 1.29 is 13.7 Å². The van der Waals surface area contributed by atoms with E-state index in [1.54, 1.807) is 12.1 Å². The molecule has 1 aliphatic rings. The zero-order chi connectivity index (χ0) is 16.8. The number of nitrogens with one attached hydrogen (secondary N) is 1. The summed E-state index contributed by atoms with van der Waals surface area (Å²) in [6.45, 7) is 6.81. The van der Waals surface area contributed by atoms with E-state index in [1.807, 2.05) is 0 Å². The van der Waals surface area contributed by atoms with Crippen LogP contribution in [0.4, 0.5) is 4.39 Å². The Morgan fingerprint density at radius 2 is 2.13 bits per heavy atom. The Morgan fingerprint density at radius 3 is 2.74 bits per heavy atom. The molecule has 1 unspecified atom stereocenters. The van der Waals surface area contributed by atoms with Gasteiger partial charge in [0.25, 0.3) is 0 Å². The fraction of sp³-hybridized carbons (Fsp3) is 0.667. The van der Waals surface area contributed by atoms with Crippen molar-refractivity contribution in [2.75, 3.05) is 12.4 Å². The second kappa shape index (κ2) is 8.90. The van der Waals surface area contributed by atoms with Crippen LogP contribution < -0.4 is 9.46 Å². The lowest BCUT2D eigenvalue weighted by atomic mass is 9.97. The standard InChI is InChI=1S/C18H28FNO2S/c1-4-5-10-23(21)20-18(13(2)3)15-8-9-16(19)17(11-15)22-12-14-6-7-14/h8-9,11,13-14,18,20H,4-7,10,12H2,1-3H3/t18?,23-/m0/s1. The number of halogens is 1. The molecule has 0 bridgehead atoms. The summed E-state index contributed by atoms with van der Waals surface area (Å²) >= 11 is -1.07. The van der Waals surface area contributed by atoms with Gasteiger partial charge in [0.05, 0.1) is 12.6 Å². The minimum atomic E-state index is -1.07. The summed E-state index contributed by atoms with van der Waals surface area (Å²) in [7, 11) is 0. The first-order valence-corrected chi connectivity index (χ1v) is 9.90. The Kier molecular flexibility index (Phi) is 7.18. The minimum absolute atomic E-state index is 0.0726. The fourth-order valence-corrected chi connectivity index (χ4v) is 3.74. The highest BCUT2D eigenvalue weighted by Crippen LogP contribution is 2.32. The van der Waals surface area contributed by atoms with Crippen molar-refractivity contribution in [2.45, 2.75) is 52.5 Å². The number of ether oxygens (including phenoxy) is 1. The molecule has 1 fully saturated rings. The Bertz CT molecular complexity index is 494. The lowest BCUT2D eigenvalue weighted by Gasteiger charge is -2.24. The van der Waals surface area contributed by atoms with Crippen LogP contribution in [0, 0.1) is 17.7 Å². The first kappa shape index (κ1) is 18.6. The van der Waals surface area contributed by atoms with Gasteiger partial charge in [-0.1, -0.05) is 33.3 Å². The number of hydrogen-bond donors (Lipinski definition) is 1. The predicted molar refractivity (Wildman–Crippen MR) is 93.3 cm³/mol. The first-order valence-electron chi connectivity index (χ1n) is 8.58. The molecule has 0 amide bonds. The van der Waals surface area contributed by atoms with Gasteiger partial charge >= 0.3 is 0 Å². The zero-order valence-corrected chi connectivity index (χ0v) is 15.1. The van der Waals surface area contributed by atoms with Gasteiger partial charge in [0.1, 0.15) is 5.75 Å². The molecule has 130 valence electrons. The number of hydrogen-bond acceptors (Lipinski definition) is 3. The molecule has 0 aromatic heterocycles. The third-order valence-corrected chi connectivity index (χ3v) is 5.27. The van der Waals surface area contributed by atoms with E-state index < -0.39 is 11.4 Å². The molecule has 0 aliphatic heterocycles. The molecule has 0 saturated heterocycles. The van der Waals surface area contributed by atoms with Crippen molar-refractivity contribution in [1.82, 2.24) is 4.72 Å². The molecular weight excluding hydrogens is 313 g/mol. The van der Waals surface area contributed by atoms with Crippen molar-refractivity contribution in [3.8, 4) is 5.75 Å². The molecule has 1 aromatic rings. The second-order valence-corrected chi connectivity index (χ2v) is 8.02. The van der Waals surface area contributed by atoms with Crippen LogP contribution in [0.2, 0.25) is 0 Å². The quantitative estimate of drug-likeness (QED) is 0.643. The van der Waals surface area contributed by atoms with Gasteiger partial charge in [0, 0.05) is 11.4 Å². The molecule has 2 rings (SSSR count). The summed E-state index contributed by atoms with van der Waals surface area (Å²) in [4.78, 5) is 0. The third-order valence-electron chi connectivity index (χ3n) is 4.09. The first-order chi connectivity index (χ1) is 11.0. The normalized spacial score (nSPS) is 17.3. The highest BCUT2D eigenvalue weighted by atomic mass is 32.2. The average molecular weight is 341 g/mol. The smallest absolute Gasteiger partial charge is 0.165 e. The van der Waals surface area contributed by atoms with Crippen molar-refractivity contribution in [3.63, 3.8) is 0 Å². The van der Waals surface area contributed by atoms with Crippen LogP contribution in [0.25, 0.3) is 0 Å². The van der Waals surface area contributed by atoms with Gasteiger partial charge in [-0.3, -0.25) is 0 Å². The molecule has 1 saturated carbocycles. The zero-order valence-electron chi connectivity index (χ0n) is 14.3. The summed E-state index contributed by atoms with van der Waals surface area (Å²) in [6, 6.07) is 4.89. The van der Waals surface area contributed by atoms with Crippen molar-refractivity contribution >= 4 is 11.4 Å². The summed E-state index contributed by atoms with van der Waals surface area (Å²) < 4.78 is 34.9. The molecule has 5 heteroatoms. The van der Waals surface area contributed by atoms with Crippen LogP contribution in [0.3, 0.4) is 0 Å². The lowest BCUT2D eigenvalue weighted by molar-refractivity contribution is 0.284. The fourth-order valence-electron chi connectivity index (χ4n) is 2.38. The summed E-state index contributed by atoms with van der Waals surface area (Å²) in [5.41, 5.74) is 0.928. The van der Waals surface area contributed by atoms with E-state index in [0.29, 0.717) is 24.0 Å². The Hall–Kier alpha value is -0.780. The van der Waals surface area contributed by atoms with Crippen molar-refractivity contribution in [3.05, 3.63) is 29.6 Å². The van der Waals surface area contributed by atoms with Crippen molar-refractivity contribution in [2.24, 2.45) is 11.8 Å². The highest BCUT2D eigenvalue weighted by molar-refractivity contribution is 7.89. The summed E-state index contributed by atoms with van der Waals surface area (Å²) in [6.07, 6.45) is 4.31. The van der Waals surface area contributed by atoms with Gasteiger partial charge in [-0.25, -0.2) is 4.39 Å². The topological polar surface area (TPSA) is 44.3 Å². The number of benzene rings is 1. The van der Waals surface area contributed by atoms with E-state index in [1.165, 1.54) is 18.9 Å². The SMILES string of the molecule is CCCC[S@+]([O-])NC(c1ccc(F)c(OCC2CC2)c1)C(C)C. The minimum Gasteiger partial charge on any atom is -0.598 e. The van der Waals surface area contributed by atoms with E-state index in [2.05, 4.69) is 25.5 Å². The molecule has 0 heterocycles. The maximum atomic E-state index is 13.9. The average Bonchev–Trinajstić information content (AvgIpc) is 3.34. The Labute approximate surface area is 142 Å². The van der Waals surface area contributed by atoms with E-state index in [4.69, 9.17) is 4.74 Å². The number of unbranched alkanes of at least 4 members (excludes halogenated alkanes) is 1. The van der Waals surface area contributed by atoms with E-state index in [-0.39, 0.29) is 17.8 Å². The van der Waals surface area contributed by atoms with Crippen LogP contribution >= 0.6 is 0 Å². The van der Waals surface area contributed by atoms with E-state index >= 15 is 0 Å². The van der Waals surface area contributed by atoms with Crippen LogP contribution in [-0.2, 0) is 11.4 Å². The molecule has 2 atom stereocenters. The van der Waals surface area contributed by atoms with Crippen LogP contribution in [-0.4, -0.2) is 16.9 Å². The third kappa shape index (κ3) is 5.98. The van der Waals surface area contributed by atoms with Gasteiger partial charge < -0.3 is 9.29 Å². The van der Waals surface area contributed by atoms with Gasteiger partial charge in [-0.05, 0) is 48.8 Å². The highest BCUT2D eigenvalue weighted by Gasteiger charge is 2.25. The summed E-state index contributed by atoms with van der Waals surface area (Å²) in [5.74, 6) is 1.46. The predicted octanol–water partition coefficient (Wildman–Crippen LogP) is 4.37. The molecule has 0 spiro atoms. The molecule has 23 heavy (non-hydrogen) atoms. The van der Waals surface area contributed by atoms with E-state index in [0.717, 1.165) is 18.4 Å². The molecule has 1 aliphatic carbocycles. The van der Waals surface area contributed by atoms with Gasteiger partial charge in [0.2, 0.25) is 0 Å². The maximum absolute atomic E-state index is 13.9. The van der Waals surface area contributed by atoms with Crippen LogP contribution in [0.1, 0.15) is 58.1 Å². The van der Waals surface area contributed by atoms with Gasteiger partial charge in [0.15, 0.2) is 11.6 Å². The van der Waals surface area contributed by atoms with Crippen molar-refractivity contribution in [1.29, 1.82) is 0 Å². The lowest BCUT2D eigenvalue weighted by Crippen LogP contribution is -2.33. The van der Waals surface area contributed by atoms with Crippen LogP contribution in [0.15, 0.2) is 18.2 Å². The van der Waals surface area contributed by atoms with Gasteiger partial charge in [-0.2, -0.15) is 0 Å². The largest absolute Gasteiger partial charge is 0.598 e. The summed E-state index contributed by atoms with van der Waals surface area (Å²) in [5, 5.41) is 0. The van der Waals surface area contributed by atoms with E-state index in [9.17, 15) is 8.94 Å². The second-order valence-electron chi connectivity index (χ2n) is 6.69. The Balaban J connectivity index is 2.06. The molecule has 0 radical (unpaired) electrons. The van der Waals surface area contributed by atoms with Crippen LogP contribution in [0.5, 0.6) is 5.75 Å². The Morgan fingerprint density at radius 1 is 1.39 bits per heavy atom. The van der Waals surface area contributed by atoms with Gasteiger partial charge in [-0.15, -0.1) is 4.72 Å². The number of rotatable bonds is 10.